The third-order valence-electron chi connectivity index (χ3n) is 26.0. The molecular weight excluding hydrogens is 1440 g/mol. The zero-order valence-electron chi connectivity index (χ0n) is 72.5. The summed E-state index contributed by atoms with van der Waals surface area (Å²) in [6.07, 6.45) is 0. The Balaban J connectivity index is 0.951. The highest BCUT2D eigenvalue weighted by molar-refractivity contribution is 7.00. The number of rotatable bonds is 10. The van der Waals surface area contributed by atoms with E-state index < -0.39 is 5.41 Å². The normalized spacial score (nSPS) is 13.8. The third kappa shape index (κ3) is 13.0. The van der Waals surface area contributed by atoms with Gasteiger partial charge in [-0.05, 0) is 214 Å². The van der Waals surface area contributed by atoms with Crippen LogP contribution in [0.25, 0.3) is 99.8 Å². The van der Waals surface area contributed by atoms with E-state index in [1.165, 1.54) is 111 Å². The summed E-state index contributed by atoms with van der Waals surface area (Å²) in [4.78, 5) is 5.33. The molecule has 119 heavy (non-hydrogen) atoms. The molecule has 0 amide bonds. The summed E-state index contributed by atoms with van der Waals surface area (Å²) >= 11 is 0. The maximum atomic E-state index is 8.13. The lowest BCUT2D eigenvalue weighted by Crippen LogP contribution is -2.61. The molecule has 0 fully saturated rings. The summed E-state index contributed by atoms with van der Waals surface area (Å²) in [5.41, 5.74) is 39.6. The molecule has 2 aliphatic heterocycles. The van der Waals surface area contributed by atoms with E-state index in [0.29, 0.717) is 0 Å². The Morgan fingerprint density at radius 1 is 0.235 bits per heavy atom. The molecule has 0 bridgehead atoms. The topological polar surface area (TPSA) is 19.6 Å². The van der Waals surface area contributed by atoms with Crippen molar-refractivity contribution in [3.63, 3.8) is 0 Å². The highest BCUT2D eigenvalue weighted by Crippen LogP contribution is 2.60. The van der Waals surface area contributed by atoms with E-state index in [2.05, 4.69) is 456 Å². The quantitative estimate of drug-likeness (QED) is 0.127. The second kappa shape index (κ2) is 28.0. The number of benzene rings is 15. The Bertz CT molecular complexity index is 6580. The molecule has 586 valence electrons. The van der Waals surface area contributed by atoms with Crippen LogP contribution in [-0.2, 0) is 37.9 Å². The van der Waals surface area contributed by atoms with Gasteiger partial charge in [0.05, 0.1) is 16.8 Å². The largest absolute Gasteiger partial charge is 0.453 e. The summed E-state index contributed by atoms with van der Waals surface area (Å²) in [5, 5.41) is 2.11. The lowest BCUT2D eigenvalue weighted by Gasteiger charge is -2.45. The van der Waals surface area contributed by atoms with Gasteiger partial charge >= 0.3 is 0 Å². The Labute approximate surface area is 706 Å². The van der Waals surface area contributed by atoms with E-state index in [9.17, 15) is 0 Å². The Kier molecular flexibility index (Phi) is 18.0. The van der Waals surface area contributed by atoms with E-state index in [-0.39, 0.29) is 39.2 Å². The molecule has 0 atom stereocenters. The first-order chi connectivity index (χ1) is 56.8. The average Bonchev–Trinajstić information content (AvgIpc) is 1.55. The highest BCUT2D eigenvalue weighted by atomic mass is 16.3. The van der Waals surface area contributed by atoms with Crippen LogP contribution in [0.1, 0.15) is 180 Å². The van der Waals surface area contributed by atoms with Gasteiger partial charge in [0.25, 0.3) is 6.71 Å². The van der Waals surface area contributed by atoms with Crippen molar-refractivity contribution in [3.8, 4) is 77.9 Å². The predicted octanol–water partition coefficient (Wildman–Crippen LogP) is 29.8. The second-order valence-electron chi connectivity index (χ2n) is 40.1. The van der Waals surface area contributed by atoms with Gasteiger partial charge in [-0.1, -0.05) is 404 Å². The van der Waals surface area contributed by atoms with Crippen molar-refractivity contribution in [2.24, 2.45) is 0 Å². The molecule has 16 aromatic rings. The Morgan fingerprint density at radius 2 is 0.588 bits per heavy atom. The van der Waals surface area contributed by atoms with Crippen molar-refractivity contribution in [3.05, 3.63) is 377 Å². The van der Waals surface area contributed by atoms with Gasteiger partial charge in [-0.2, -0.15) is 0 Å². The Hall–Kier alpha value is -12.2. The number of hydrogen-bond donors (Lipinski definition) is 0. The number of furan rings is 1. The minimum atomic E-state index is -0.659. The molecule has 3 aliphatic rings. The van der Waals surface area contributed by atoms with Crippen LogP contribution in [0.5, 0.6) is 0 Å². The van der Waals surface area contributed by atoms with Gasteiger partial charge in [-0.25, -0.2) is 0 Å². The molecule has 3 heterocycles. The molecule has 4 heteroatoms. The first-order valence-electron chi connectivity index (χ1n) is 42.9. The van der Waals surface area contributed by atoms with Crippen LogP contribution >= 0.6 is 0 Å². The van der Waals surface area contributed by atoms with Crippen molar-refractivity contribution in [1.82, 2.24) is 0 Å². The summed E-state index contributed by atoms with van der Waals surface area (Å²) in [7, 11) is 0. The van der Waals surface area contributed by atoms with Crippen LogP contribution in [0.4, 0.5) is 34.1 Å². The van der Waals surface area contributed by atoms with Crippen LogP contribution in [0.2, 0.25) is 0 Å². The van der Waals surface area contributed by atoms with Crippen molar-refractivity contribution in [1.29, 1.82) is 0 Å². The zero-order chi connectivity index (χ0) is 82.8. The summed E-state index contributed by atoms with van der Waals surface area (Å²) in [5.74, 6) is 0. The van der Waals surface area contributed by atoms with Crippen LogP contribution in [0, 0.1) is 0 Å². The zero-order valence-corrected chi connectivity index (χ0v) is 72.5. The van der Waals surface area contributed by atoms with Crippen molar-refractivity contribution < 1.29 is 4.42 Å². The fraction of sp³-hybridized carbons (Fsp3) is 0.217. The summed E-state index contributed by atoms with van der Waals surface area (Å²) in [6, 6.07) is 124. The van der Waals surface area contributed by atoms with Crippen LogP contribution < -0.4 is 26.2 Å². The highest BCUT2D eigenvalue weighted by Gasteiger charge is 2.49. The number of para-hydroxylation sites is 2. The molecule has 19 rings (SSSR count). The minimum absolute atomic E-state index is 0.106. The van der Waals surface area contributed by atoms with Gasteiger partial charge in [0.2, 0.25) is 0 Å². The van der Waals surface area contributed by atoms with E-state index in [0.717, 1.165) is 95.0 Å². The minimum Gasteiger partial charge on any atom is -0.453 e. The molecule has 0 saturated carbocycles. The SMILES string of the molecule is CC(C)(C)c1cc(-c2ccc3c(c2)N(c2ccc(-c4ccccc4)cc2-c2ccccc2)c2cc(-c4cc(C(C)(C)C)cc(C(C)(C)C)c4)cc4c2B3c2ccc(-c3cc(C(C)(C)C)cc(C(C)(C)C)c3)cc2N4c2cccc3c2oc2c(-c4cccc5c4C(c4ccccc4)(c4ccccc4)c4ccccc4-5)cccc23)cc(C(C)(C)C)c1. The van der Waals surface area contributed by atoms with Crippen LogP contribution in [-0.4, -0.2) is 6.71 Å². The van der Waals surface area contributed by atoms with Gasteiger partial charge < -0.3 is 14.2 Å². The van der Waals surface area contributed by atoms with Crippen molar-refractivity contribution >= 4 is 79.2 Å². The maximum absolute atomic E-state index is 8.13. The van der Waals surface area contributed by atoms with Crippen molar-refractivity contribution in [2.75, 3.05) is 9.80 Å². The van der Waals surface area contributed by atoms with E-state index in [1.54, 1.807) is 0 Å². The fourth-order valence-electron chi connectivity index (χ4n) is 19.3. The molecule has 0 radical (unpaired) electrons. The Morgan fingerprint density at radius 3 is 1.07 bits per heavy atom. The summed E-state index contributed by atoms with van der Waals surface area (Å²) < 4.78 is 8.13. The standard InChI is InChI=1S/C115H107BN2O/c1-109(2,3)83-58-77(59-84(69-83)110(4,5)6)75-52-55-97-101(65-75)117(99-57-54-74(72-36-23-19-24-37-72)64-95(99)73-38-25-20-26-39-73)103-67-80(79-62-87(113(13,14)15)71-88(63-79)114(16,17)18)68-104-106(103)116(97)98-56-53-76(78-60-85(111(7,8)9)70-86(61-78)112(10,11)12)66-102(98)118(104)100-51-35-49-94-93-48-34-47-92(107(93)119-108(94)100)91-46-33-45-90-89-44-31-32-50-96(89)115(105(90)91,81-40-27-21-28-41-81)82-42-29-22-30-43-82/h19-71H,1-18H3. The van der Waals surface area contributed by atoms with Gasteiger partial charge in [0.1, 0.15) is 5.58 Å². The molecule has 0 spiro atoms. The molecule has 0 saturated heterocycles. The second-order valence-corrected chi connectivity index (χ2v) is 40.1. The molecule has 0 N–H and O–H groups in total. The first kappa shape index (κ1) is 76.7. The number of hydrogen-bond acceptors (Lipinski definition) is 3. The lowest BCUT2D eigenvalue weighted by atomic mass is 9.33. The fourth-order valence-corrected chi connectivity index (χ4v) is 19.3. The number of nitrogens with zero attached hydrogens (tertiary/aromatic N) is 2. The monoisotopic (exact) mass is 1540 g/mol. The smallest absolute Gasteiger partial charge is 0.252 e. The first-order valence-corrected chi connectivity index (χ1v) is 42.9. The molecule has 1 aliphatic carbocycles. The van der Waals surface area contributed by atoms with Crippen molar-refractivity contribution in [2.45, 2.75) is 163 Å². The molecular formula is C115H107BN2O. The van der Waals surface area contributed by atoms with Gasteiger partial charge in [-0.15, -0.1) is 0 Å². The predicted molar refractivity (Wildman–Crippen MR) is 510 cm³/mol. The van der Waals surface area contributed by atoms with Gasteiger partial charge in [-0.3, -0.25) is 0 Å². The number of anilines is 6. The maximum Gasteiger partial charge on any atom is 0.252 e. The van der Waals surface area contributed by atoms with E-state index in [1.807, 2.05) is 0 Å². The van der Waals surface area contributed by atoms with Crippen LogP contribution in [0.15, 0.2) is 326 Å². The molecule has 0 unspecified atom stereocenters. The van der Waals surface area contributed by atoms with Crippen LogP contribution in [0.3, 0.4) is 0 Å². The summed E-state index contributed by atoms with van der Waals surface area (Å²) in [6.45, 7) is 42.2. The van der Waals surface area contributed by atoms with E-state index in [4.69, 9.17) is 4.42 Å². The average molecular weight is 1540 g/mol. The lowest BCUT2D eigenvalue weighted by molar-refractivity contribution is 0.568. The number of fused-ring (bicyclic) bond motifs is 10. The molecule has 15 aromatic carbocycles. The third-order valence-corrected chi connectivity index (χ3v) is 26.0. The van der Waals surface area contributed by atoms with Gasteiger partial charge in [0, 0.05) is 44.6 Å². The molecule has 3 nitrogen and oxygen atoms in total. The van der Waals surface area contributed by atoms with Gasteiger partial charge in [0.15, 0.2) is 5.58 Å². The molecule has 1 aromatic heterocycles. The van der Waals surface area contributed by atoms with E-state index >= 15 is 0 Å².